The maximum absolute atomic E-state index is 13.7. The molecule has 3 nitrogen and oxygen atoms in total. The minimum Gasteiger partial charge on any atom is -0.394 e. The molecule has 18 heavy (non-hydrogen) atoms. The van der Waals surface area contributed by atoms with Gasteiger partial charge in [0.05, 0.1) is 18.2 Å². The monoisotopic (exact) mass is 269 g/mol. The number of aliphatic hydroxyl groups is 1. The van der Waals surface area contributed by atoms with Crippen molar-refractivity contribution < 1.29 is 14.3 Å². The van der Waals surface area contributed by atoms with Crippen molar-refractivity contribution in [1.82, 2.24) is 4.90 Å². The molecule has 1 unspecified atom stereocenters. The number of aliphatic hydroxyl groups excluding tert-OH is 1. The summed E-state index contributed by atoms with van der Waals surface area (Å²) in [6.45, 7) is 0.494. The summed E-state index contributed by atoms with van der Waals surface area (Å²) >= 11 is 4.12. The fraction of sp³-hybridized carbons (Fsp3) is 0.462. The highest BCUT2D eigenvalue weighted by Crippen LogP contribution is 2.22. The lowest BCUT2D eigenvalue weighted by molar-refractivity contribution is 0.0498. The van der Waals surface area contributed by atoms with E-state index >= 15 is 0 Å². The molecule has 1 atom stereocenters. The van der Waals surface area contributed by atoms with Crippen LogP contribution in [0.15, 0.2) is 23.1 Å². The van der Waals surface area contributed by atoms with Gasteiger partial charge in [-0.3, -0.25) is 4.79 Å². The molecule has 2 rings (SSSR count). The molecule has 1 aromatic rings. The van der Waals surface area contributed by atoms with Crippen molar-refractivity contribution in [3.8, 4) is 0 Å². The molecule has 1 heterocycles. The molecule has 1 aliphatic heterocycles. The van der Waals surface area contributed by atoms with Gasteiger partial charge in [-0.15, -0.1) is 12.6 Å². The minimum atomic E-state index is -0.542. The van der Waals surface area contributed by atoms with Crippen molar-refractivity contribution in [1.29, 1.82) is 0 Å². The number of hydrogen-bond acceptors (Lipinski definition) is 3. The molecular formula is C13H16FNO2S. The smallest absolute Gasteiger partial charge is 0.257 e. The number of carbonyl (C=O) groups is 1. The standard InChI is InChI=1S/C13H16FNO2S/c14-12-5-4-10(18)7-11(12)13(17)15-6-2-1-3-9(15)8-16/h4-5,7,9,16,18H,1-3,6,8H2. The Morgan fingerprint density at radius 1 is 1.50 bits per heavy atom. The summed E-state index contributed by atoms with van der Waals surface area (Å²) in [6, 6.07) is 3.99. The highest BCUT2D eigenvalue weighted by molar-refractivity contribution is 7.80. The minimum absolute atomic E-state index is 0.0304. The first kappa shape index (κ1) is 13.4. The van der Waals surface area contributed by atoms with Crippen molar-refractivity contribution in [3.63, 3.8) is 0 Å². The van der Waals surface area contributed by atoms with Gasteiger partial charge in [0.2, 0.25) is 0 Å². The highest BCUT2D eigenvalue weighted by Gasteiger charge is 2.28. The van der Waals surface area contributed by atoms with Crippen LogP contribution in [0.25, 0.3) is 0 Å². The summed E-state index contributed by atoms with van der Waals surface area (Å²) in [5, 5.41) is 9.28. The van der Waals surface area contributed by atoms with E-state index in [1.54, 1.807) is 4.90 Å². The van der Waals surface area contributed by atoms with Gasteiger partial charge in [-0.2, -0.15) is 0 Å². The molecule has 0 spiro atoms. The molecule has 1 N–H and O–H groups in total. The first-order valence-corrected chi connectivity index (χ1v) is 6.48. The van der Waals surface area contributed by atoms with Crippen LogP contribution in [-0.2, 0) is 0 Å². The van der Waals surface area contributed by atoms with Gasteiger partial charge in [0.25, 0.3) is 5.91 Å². The van der Waals surface area contributed by atoms with Crippen molar-refractivity contribution >= 4 is 18.5 Å². The van der Waals surface area contributed by atoms with Crippen LogP contribution in [0.1, 0.15) is 29.6 Å². The largest absolute Gasteiger partial charge is 0.394 e. The third-order valence-corrected chi connectivity index (χ3v) is 3.56. The van der Waals surface area contributed by atoms with Gasteiger partial charge in [-0.05, 0) is 37.5 Å². The molecule has 1 fully saturated rings. The number of rotatable bonds is 2. The molecule has 0 aromatic heterocycles. The maximum Gasteiger partial charge on any atom is 0.257 e. The molecule has 1 aromatic carbocycles. The lowest BCUT2D eigenvalue weighted by Crippen LogP contribution is -2.45. The van der Waals surface area contributed by atoms with Gasteiger partial charge in [0.1, 0.15) is 5.82 Å². The van der Waals surface area contributed by atoms with Gasteiger partial charge in [-0.25, -0.2) is 4.39 Å². The van der Waals surface area contributed by atoms with E-state index in [0.717, 1.165) is 19.3 Å². The molecule has 0 radical (unpaired) electrons. The Labute approximate surface area is 111 Å². The molecule has 5 heteroatoms. The predicted molar refractivity (Wildman–Crippen MR) is 69.4 cm³/mol. The number of likely N-dealkylation sites (tertiary alicyclic amines) is 1. The third-order valence-electron chi connectivity index (χ3n) is 3.28. The number of piperidine rings is 1. The number of carbonyl (C=O) groups excluding carboxylic acids is 1. The topological polar surface area (TPSA) is 40.5 Å². The van der Waals surface area contributed by atoms with Crippen LogP contribution in [0.5, 0.6) is 0 Å². The Morgan fingerprint density at radius 2 is 2.28 bits per heavy atom. The molecule has 1 aliphatic rings. The van der Waals surface area contributed by atoms with Gasteiger partial charge in [0, 0.05) is 11.4 Å². The number of halogens is 1. The number of thiol groups is 1. The highest BCUT2D eigenvalue weighted by atomic mass is 32.1. The number of nitrogens with zero attached hydrogens (tertiary/aromatic N) is 1. The van der Waals surface area contributed by atoms with E-state index in [-0.39, 0.29) is 24.1 Å². The fourth-order valence-corrected chi connectivity index (χ4v) is 2.49. The molecule has 1 amide bonds. The van der Waals surface area contributed by atoms with Crippen molar-refractivity contribution in [2.45, 2.75) is 30.2 Å². The van der Waals surface area contributed by atoms with Crippen LogP contribution in [0.4, 0.5) is 4.39 Å². The Morgan fingerprint density at radius 3 is 3.00 bits per heavy atom. The van der Waals surface area contributed by atoms with E-state index in [4.69, 9.17) is 0 Å². The van der Waals surface area contributed by atoms with Gasteiger partial charge in [0.15, 0.2) is 0 Å². The van der Waals surface area contributed by atoms with Gasteiger partial charge >= 0.3 is 0 Å². The van der Waals surface area contributed by atoms with Crippen LogP contribution < -0.4 is 0 Å². The molecule has 0 aliphatic carbocycles. The first-order valence-electron chi connectivity index (χ1n) is 6.04. The SMILES string of the molecule is O=C(c1cc(S)ccc1F)N1CCCCC1CO. The summed E-state index contributed by atoms with van der Waals surface area (Å²) in [6.07, 6.45) is 2.65. The predicted octanol–water partition coefficient (Wildman–Crippen LogP) is 2.10. The van der Waals surface area contributed by atoms with Crippen LogP contribution in [0.2, 0.25) is 0 Å². The third kappa shape index (κ3) is 2.67. The first-order chi connectivity index (χ1) is 8.63. The van der Waals surface area contributed by atoms with E-state index in [1.165, 1.54) is 18.2 Å². The second-order valence-corrected chi connectivity index (χ2v) is 5.01. The Balaban J connectivity index is 2.26. The quantitative estimate of drug-likeness (QED) is 0.807. The summed E-state index contributed by atoms with van der Waals surface area (Å²) < 4.78 is 13.7. The summed E-state index contributed by atoms with van der Waals surface area (Å²) in [5.74, 6) is -0.901. The molecule has 98 valence electrons. The zero-order valence-electron chi connectivity index (χ0n) is 9.97. The van der Waals surface area contributed by atoms with Crippen LogP contribution in [0.3, 0.4) is 0 Å². The van der Waals surface area contributed by atoms with Crippen molar-refractivity contribution in [2.24, 2.45) is 0 Å². The lowest BCUT2D eigenvalue weighted by Gasteiger charge is -2.34. The fourth-order valence-electron chi connectivity index (χ4n) is 2.29. The van der Waals surface area contributed by atoms with Gasteiger partial charge in [-0.1, -0.05) is 0 Å². The lowest BCUT2D eigenvalue weighted by atomic mass is 10.0. The summed E-state index contributed by atoms with van der Waals surface area (Å²) in [7, 11) is 0. The normalized spacial score (nSPS) is 19.9. The average Bonchev–Trinajstić information content (AvgIpc) is 2.40. The zero-order valence-corrected chi connectivity index (χ0v) is 10.9. The molecule has 0 bridgehead atoms. The second-order valence-electron chi connectivity index (χ2n) is 4.49. The molecule has 0 saturated carbocycles. The average molecular weight is 269 g/mol. The zero-order chi connectivity index (χ0) is 13.1. The summed E-state index contributed by atoms with van der Waals surface area (Å²) in [5.41, 5.74) is 0.0304. The van der Waals surface area contributed by atoms with E-state index < -0.39 is 5.82 Å². The summed E-state index contributed by atoms with van der Waals surface area (Å²) in [4.78, 5) is 14.4. The Bertz CT molecular complexity index is 453. The van der Waals surface area contributed by atoms with Crippen molar-refractivity contribution in [3.05, 3.63) is 29.6 Å². The van der Waals surface area contributed by atoms with E-state index in [0.29, 0.717) is 11.4 Å². The number of hydrogen-bond donors (Lipinski definition) is 2. The number of amides is 1. The van der Waals surface area contributed by atoms with E-state index in [1.807, 2.05) is 0 Å². The maximum atomic E-state index is 13.7. The van der Waals surface area contributed by atoms with E-state index in [9.17, 15) is 14.3 Å². The van der Waals surface area contributed by atoms with Gasteiger partial charge < -0.3 is 10.0 Å². The number of benzene rings is 1. The Hall–Kier alpha value is -1.07. The van der Waals surface area contributed by atoms with Crippen molar-refractivity contribution in [2.75, 3.05) is 13.2 Å². The van der Waals surface area contributed by atoms with Crippen LogP contribution in [0, 0.1) is 5.82 Å². The van der Waals surface area contributed by atoms with E-state index in [2.05, 4.69) is 12.6 Å². The second kappa shape index (κ2) is 5.71. The van der Waals surface area contributed by atoms with Crippen LogP contribution >= 0.6 is 12.6 Å². The molecular weight excluding hydrogens is 253 g/mol. The molecule has 1 saturated heterocycles. The Kier molecular flexibility index (Phi) is 4.24. The van der Waals surface area contributed by atoms with Crippen LogP contribution in [-0.4, -0.2) is 35.1 Å².